The number of anilines is 6. The Labute approximate surface area is 302 Å². The van der Waals surface area contributed by atoms with Gasteiger partial charge < -0.3 is 9.80 Å². The SMILES string of the molecule is CC.Cc1ccc2c(c1)C(C)(C)c1ccccc1N2c1ccc2c(c1)-c1cc(N3c4ccccc4C(C)(C)c4cc(C)ccc43)ccc1S2(=O)=O. The summed E-state index contributed by atoms with van der Waals surface area (Å²) in [5.74, 6) is 0. The van der Waals surface area contributed by atoms with Crippen molar-refractivity contribution in [3.05, 3.63) is 155 Å². The van der Waals surface area contributed by atoms with Crippen molar-refractivity contribution in [3.63, 3.8) is 0 Å². The summed E-state index contributed by atoms with van der Waals surface area (Å²) >= 11 is 0. The maximum Gasteiger partial charge on any atom is 0.207 e. The van der Waals surface area contributed by atoms with Gasteiger partial charge in [0.2, 0.25) is 9.84 Å². The van der Waals surface area contributed by atoms with Crippen LogP contribution < -0.4 is 9.80 Å². The lowest BCUT2D eigenvalue weighted by Gasteiger charge is -2.42. The van der Waals surface area contributed by atoms with Gasteiger partial charge in [0.15, 0.2) is 0 Å². The highest BCUT2D eigenvalue weighted by Gasteiger charge is 2.40. The molecular formula is C46H44N2O2S. The number of aryl methyl sites for hydroxylation is 2. The van der Waals surface area contributed by atoms with Crippen molar-refractivity contribution in [2.24, 2.45) is 0 Å². The van der Waals surface area contributed by atoms with Gasteiger partial charge in [0, 0.05) is 33.3 Å². The average molecular weight is 689 g/mol. The molecule has 0 atom stereocenters. The normalized spacial score (nSPS) is 16.4. The monoisotopic (exact) mass is 688 g/mol. The first-order chi connectivity index (χ1) is 24.4. The van der Waals surface area contributed by atoms with Crippen molar-refractivity contribution in [2.75, 3.05) is 9.80 Å². The molecule has 6 aromatic carbocycles. The zero-order valence-electron chi connectivity index (χ0n) is 30.7. The van der Waals surface area contributed by atoms with E-state index in [9.17, 15) is 8.42 Å². The predicted molar refractivity (Wildman–Crippen MR) is 212 cm³/mol. The maximum absolute atomic E-state index is 14.1. The minimum atomic E-state index is -3.69. The summed E-state index contributed by atoms with van der Waals surface area (Å²) in [6.07, 6.45) is 0. The number of hydrogen-bond acceptors (Lipinski definition) is 4. The van der Waals surface area contributed by atoms with Crippen LogP contribution in [0.25, 0.3) is 11.1 Å². The van der Waals surface area contributed by atoms with E-state index in [1.807, 2.05) is 26.0 Å². The Morgan fingerprint density at radius 1 is 0.451 bits per heavy atom. The van der Waals surface area contributed by atoms with Gasteiger partial charge in [-0.25, -0.2) is 8.42 Å². The molecule has 0 amide bonds. The van der Waals surface area contributed by atoms with E-state index in [1.54, 1.807) is 12.1 Å². The van der Waals surface area contributed by atoms with Crippen LogP contribution in [-0.2, 0) is 20.7 Å². The van der Waals surface area contributed by atoms with Gasteiger partial charge in [-0.3, -0.25) is 0 Å². The standard InChI is InChI=1S/C44H38N2O2S.C2H6/c1-27-15-19-39-35(23-27)43(3,4)33-11-7-9-13-37(33)45(39)29-17-21-41-31(25-29)32-26-30(18-22-42(32)49(41,47)48)46-38-14-10-8-12-34(38)44(5,6)36-24-28(2)16-20-40(36)46;1-2/h7-26H,1-6H3;1-2H3. The van der Waals surface area contributed by atoms with Crippen LogP contribution in [0.1, 0.15) is 74.9 Å². The highest BCUT2D eigenvalue weighted by molar-refractivity contribution is 7.92. The quantitative estimate of drug-likeness (QED) is 0.181. The highest BCUT2D eigenvalue weighted by atomic mass is 32.2. The summed E-state index contributed by atoms with van der Waals surface area (Å²) in [5.41, 5.74) is 14.8. The van der Waals surface area contributed by atoms with Gasteiger partial charge in [-0.1, -0.05) is 113 Å². The molecule has 0 N–H and O–H groups in total. The van der Waals surface area contributed by atoms with Crippen LogP contribution in [0, 0.1) is 13.8 Å². The second kappa shape index (κ2) is 11.4. The van der Waals surface area contributed by atoms with Gasteiger partial charge in [0.05, 0.1) is 32.5 Å². The summed E-state index contributed by atoms with van der Waals surface area (Å²) in [7, 11) is -3.69. The number of para-hydroxylation sites is 2. The molecule has 0 aliphatic carbocycles. The Balaban J connectivity index is 0.00000184. The Bertz CT molecular complexity index is 2340. The molecule has 0 saturated carbocycles. The van der Waals surface area contributed by atoms with E-state index < -0.39 is 9.84 Å². The molecule has 3 aliphatic rings. The third-order valence-corrected chi connectivity index (χ3v) is 13.0. The summed E-state index contributed by atoms with van der Waals surface area (Å²) in [6.45, 7) is 17.4. The largest absolute Gasteiger partial charge is 0.310 e. The third-order valence-electron chi connectivity index (χ3n) is 11.1. The molecule has 256 valence electrons. The Kier molecular flexibility index (Phi) is 7.41. The van der Waals surface area contributed by atoms with Gasteiger partial charge >= 0.3 is 0 Å². The fourth-order valence-corrected chi connectivity index (χ4v) is 10.2. The molecular weight excluding hydrogens is 645 g/mol. The minimum absolute atomic E-state index is 0.190. The number of sulfone groups is 1. The molecule has 5 heteroatoms. The number of nitrogens with zero attached hydrogens (tertiary/aromatic N) is 2. The molecule has 0 radical (unpaired) electrons. The molecule has 4 nitrogen and oxygen atoms in total. The van der Waals surface area contributed by atoms with Crippen molar-refractivity contribution >= 4 is 44.0 Å². The van der Waals surface area contributed by atoms with Crippen LogP contribution in [0.2, 0.25) is 0 Å². The molecule has 0 spiro atoms. The maximum atomic E-state index is 14.1. The van der Waals surface area contributed by atoms with Crippen LogP contribution in [0.5, 0.6) is 0 Å². The topological polar surface area (TPSA) is 40.6 Å². The molecule has 51 heavy (non-hydrogen) atoms. The summed E-state index contributed by atoms with van der Waals surface area (Å²) in [5, 5.41) is 0. The van der Waals surface area contributed by atoms with Gasteiger partial charge in [0.1, 0.15) is 0 Å². The van der Waals surface area contributed by atoms with Gasteiger partial charge in [-0.15, -0.1) is 0 Å². The molecule has 0 bridgehead atoms. The Hall–Kier alpha value is -5.13. The molecule has 3 heterocycles. The fraction of sp³-hybridized carbons (Fsp3) is 0.217. The van der Waals surface area contributed by atoms with E-state index >= 15 is 0 Å². The number of hydrogen-bond donors (Lipinski definition) is 0. The van der Waals surface area contributed by atoms with Crippen molar-refractivity contribution in [1.82, 2.24) is 0 Å². The molecule has 0 aromatic heterocycles. The summed E-state index contributed by atoms with van der Waals surface area (Å²) < 4.78 is 28.1. The number of rotatable bonds is 2. The fourth-order valence-electron chi connectivity index (χ4n) is 8.51. The molecule has 0 saturated heterocycles. The minimum Gasteiger partial charge on any atom is -0.310 e. The van der Waals surface area contributed by atoms with Crippen LogP contribution >= 0.6 is 0 Å². The first-order valence-corrected chi connectivity index (χ1v) is 19.4. The van der Waals surface area contributed by atoms with Crippen molar-refractivity contribution < 1.29 is 8.42 Å². The van der Waals surface area contributed by atoms with Gasteiger partial charge in [-0.05, 0) is 96.8 Å². The molecule has 9 rings (SSSR count). The lowest BCUT2D eigenvalue weighted by molar-refractivity contribution is 0.598. The van der Waals surface area contributed by atoms with Crippen molar-refractivity contribution in [1.29, 1.82) is 0 Å². The van der Waals surface area contributed by atoms with E-state index in [1.165, 1.54) is 33.4 Å². The van der Waals surface area contributed by atoms with E-state index in [0.29, 0.717) is 9.79 Å². The molecule has 0 fully saturated rings. The predicted octanol–water partition coefficient (Wildman–Crippen LogP) is 12.4. The third kappa shape index (κ3) is 4.67. The van der Waals surface area contributed by atoms with Gasteiger partial charge in [0.25, 0.3) is 0 Å². The molecule has 0 unspecified atom stereocenters. The van der Waals surface area contributed by atoms with Crippen LogP contribution in [0.3, 0.4) is 0 Å². The summed E-state index contributed by atoms with van der Waals surface area (Å²) in [4.78, 5) is 5.31. The second-order valence-corrected chi connectivity index (χ2v) is 16.7. The number of benzene rings is 6. The molecule has 6 aromatic rings. The van der Waals surface area contributed by atoms with E-state index in [-0.39, 0.29) is 10.8 Å². The Morgan fingerprint density at radius 2 is 0.824 bits per heavy atom. The molecule has 3 aliphatic heterocycles. The van der Waals surface area contributed by atoms with Crippen molar-refractivity contribution in [2.45, 2.75) is 76.0 Å². The van der Waals surface area contributed by atoms with Crippen LogP contribution in [0.4, 0.5) is 34.1 Å². The lowest BCUT2D eigenvalue weighted by atomic mass is 9.73. The second-order valence-electron chi connectivity index (χ2n) is 14.9. The van der Waals surface area contributed by atoms with E-state index in [4.69, 9.17) is 0 Å². The van der Waals surface area contributed by atoms with Crippen LogP contribution in [-0.4, -0.2) is 8.42 Å². The Morgan fingerprint density at radius 3 is 1.24 bits per heavy atom. The van der Waals surface area contributed by atoms with E-state index in [2.05, 4.69) is 148 Å². The lowest BCUT2D eigenvalue weighted by Crippen LogP contribution is -2.30. The number of fused-ring (bicyclic) bond motifs is 7. The van der Waals surface area contributed by atoms with Gasteiger partial charge in [-0.2, -0.15) is 0 Å². The highest BCUT2D eigenvalue weighted by Crippen LogP contribution is 2.56. The zero-order chi connectivity index (χ0) is 36.0. The van der Waals surface area contributed by atoms with Crippen LogP contribution in [0.15, 0.2) is 131 Å². The summed E-state index contributed by atoms with van der Waals surface area (Å²) in [6, 6.07) is 42.1. The smallest absolute Gasteiger partial charge is 0.207 e. The van der Waals surface area contributed by atoms with E-state index in [0.717, 1.165) is 45.3 Å². The van der Waals surface area contributed by atoms with Crippen molar-refractivity contribution in [3.8, 4) is 11.1 Å². The first-order valence-electron chi connectivity index (χ1n) is 17.9. The first kappa shape index (κ1) is 33.0. The zero-order valence-corrected chi connectivity index (χ0v) is 31.5. The average Bonchev–Trinajstić information content (AvgIpc) is 3.35.